The number of fused-ring (bicyclic) bond motifs is 1. The number of likely N-dealkylation sites (tertiary alicyclic amines) is 1. The molecule has 2 N–H and O–H groups in total. The molecule has 158 valence electrons. The summed E-state index contributed by atoms with van der Waals surface area (Å²) in [6.45, 7) is 5.21. The predicted octanol–water partition coefficient (Wildman–Crippen LogP) is 3.98. The van der Waals surface area contributed by atoms with Crippen molar-refractivity contribution in [2.75, 3.05) is 24.5 Å². The van der Waals surface area contributed by atoms with Crippen molar-refractivity contribution in [3.05, 3.63) is 65.7 Å². The number of carbonyl (C=O) groups is 1. The van der Waals surface area contributed by atoms with Gasteiger partial charge in [-0.2, -0.15) is 0 Å². The lowest BCUT2D eigenvalue weighted by Gasteiger charge is -2.40. The molecule has 2 heterocycles. The Labute approximate surface area is 178 Å². The summed E-state index contributed by atoms with van der Waals surface area (Å²) in [5.74, 6) is -0.00852. The number of rotatable bonds is 4. The van der Waals surface area contributed by atoms with Crippen molar-refractivity contribution in [3.8, 4) is 0 Å². The highest BCUT2D eigenvalue weighted by Crippen LogP contribution is 2.33. The van der Waals surface area contributed by atoms with Gasteiger partial charge in [-0.25, -0.2) is 0 Å². The molecule has 1 saturated heterocycles. The summed E-state index contributed by atoms with van der Waals surface area (Å²) in [4.78, 5) is 17.0. The van der Waals surface area contributed by atoms with Gasteiger partial charge in [0.05, 0.1) is 11.2 Å². The third-order valence-corrected chi connectivity index (χ3v) is 5.98. The van der Waals surface area contributed by atoms with Crippen molar-refractivity contribution in [1.29, 1.82) is 0 Å². The number of nitrogens with zero attached hydrogens (tertiary/aromatic N) is 2. The summed E-state index contributed by atoms with van der Waals surface area (Å²) in [5, 5.41) is 20.8. The Hall–Kier alpha value is -2.63. The monoisotopic (exact) mass is 406 g/mol. The number of aliphatic hydroxyl groups is 2. The van der Waals surface area contributed by atoms with Crippen LogP contribution in [-0.2, 0) is 0 Å². The van der Waals surface area contributed by atoms with Gasteiger partial charge in [-0.3, -0.25) is 4.79 Å². The van der Waals surface area contributed by atoms with Crippen LogP contribution in [0.1, 0.15) is 49.0 Å². The van der Waals surface area contributed by atoms with Crippen LogP contribution in [0.4, 0.5) is 11.4 Å². The summed E-state index contributed by atoms with van der Waals surface area (Å²) < 4.78 is 0. The summed E-state index contributed by atoms with van der Waals surface area (Å²) in [5.41, 5.74) is 2.25. The number of para-hydroxylation sites is 1. The molecule has 2 aliphatic rings. The van der Waals surface area contributed by atoms with Gasteiger partial charge >= 0.3 is 0 Å². The molecule has 5 heteroatoms. The molecule has 0 spiro atoms. The zero-order valence-corrected chi connectivity index (χ0v) is 17.7. The van der Waals surface area contributed by atoms with Crippen LogP contribution in [0.25, 0.3) is 6.08 Å². The van der Waals surface area contributed by atoms with E-state index in [1.165, 1.54) is 11.3 Å². The smallest absolute Gasteiger partial charge is 0.253 e. The standard InChI is InChI=1S/C25H30N2O3/c1-24(2,29)18-25(30)13-16-26(17-14-25)23(28)20-9-11-21(12-10-20)27-15-5-7-19-6-3-4-8-22(19)27/h3-12,29-30H,13-18H2,1-2H3. The number of hydrogen-bond donors (Lipinski definition) is 2. The summed E-state index contributed by atoms with van der Waals surface area (Å²) >= 11 is 0. The largest absolute Gasteiger partial charge is 0.390 e. The zero-order valence-electron chi connectivity index (χ0n) is 17.7. The van der Waals surface area contributed by atoms with E-state index >= 15 is 0 Å². The Morgan fingerprint density at radius 1 is 1.07 bits per heavy atom. The van der Waals surface area contributed by atoms with Gasteiger partial charge in [-0.1, -0.05) is 30.4 Å². The average molecular weight is 407 g/mol. The quantitative estimate of drug-likeness (QED) is 0.806. The maximum Gasteiger partial charge on any atom is 0.253 e. The van der Waals surface area contributed by atoms with Crippen molar-refractivity contribution < 1.29 is 15.0 Å². The third-order valence-electron chi connectivity index (χ3n) is 5.98. The number of amides is 1. The summed E-state index contributed by atoms with van der Waals surface area (Å²) in [7, 11) is 0. The van der Waals surface area contributed by atoms with Crippen LogP contribution in [0.2, 0.25) is 0 Å². The van der Waals surface area contributed by atoms with Crippen molar-refractivity contribution in [2.24, 2.45) is 0 Å². The normalized spacial score (nSPS) is 18.3. The molecule has 1 amide bonds. The van der Waals surface area contributed by atoms with E-state index in [1.54, 1.807) is 18.7 Å². The fraction of sp³-hybridized carbons (Fsp3) is 0.400. The number of hydrogen-bond acceptors (Lipinski definition) is 4. The Morgan fingerprint density at radius 2 is 1.73 bits per heavy atom. The minimum atomic E-state index is -0.918. The van der Waals surface area contributed by atoms with Crippen LogP contribution in [0.3, 0.4) is 0 Å². The van der Waals surface area contributed by atoms with Gasteiger partial charge < -0.3 is 20.0 Å². The Morgan fingerprint density at radius 3 is 2.40 bits per heavy atom. The van der Waals surface area contributed by atoms with Crippen LogP contribution in [0.5, 0.6) is 0 Å². The molecular formula is C25H30N2O3. The second-order valence-electron chi connectivity index (χ2n) is 9.12. The van der Waals surface area contributed by atoms with Gasteiger partial charge in [0, 0.05) is 43.0 Å². The molecular weight excluding hydrogens is 376 g/mol. The Bertz CT molecular complexity index is 936. The minimum Gasteiger partial charge on any atom is -0.390 e. The molecule has 2 aliphatic heterocycles. The molecule has 0 radical (unpaired) electrons. The van der Waals surface area contributed by atoms with E-state index in [9.17, 15) is 15.0 Å². The van der Waals surface area contributed by atoms with Crippen LogP contribution in [0, 0.1) is 0 Å². The van der Waals surface area contributed by atoms with E-state index in [4.69, 9.17) is 0 Å². The van der Waals surface area contributed by atoms with Crippen molar-refractivity contribution in [3.63, 3.8) is 0 Å². The van der Waals surface area contributed by atoms with E-state index in [0.29, 0.717) is 37.9 Å². The SMILES string of the molecule is CC(C)(O)CC1(O)CCN(C(=O)c2ccc(N3CC=Cc4ccccc43)cc2)CC1. The molecule has 0 aromatic heterocycles. The third kappa shape index (κ3) is 4.42. The first-order chi connectivity index (χ1) is 14.2. The van der Waals surface area contributed by atoms with Crippen molar-refractivity contribution in [1.82, 2.24) is 4.90 Å². The highest BCUT2D eigenvalue weighted by Gasteiger charge is 2.38. The highest BCUT2D eigenvalue weighted by molar-refractivity contribution is 5.95. The molecule has 2 aromatic rings. The number of piperidine rings is 1. The summed E-state index contributed by atoms with van der Waals surface area (Å²) in [6, 6.07) is 16.1. The van der Waals surface area contributed by atoms with Crippen LogP contribution < -0.4 is 4.90 Å². The minimum absolute atomic E-state index is 0.00852. The van der Waals surface area contributed by atoms with Gasteiger partial charge in [0.25, 0.3) is 5.91 Å². The molecule has 4 rings (SSSR count). The lowest BCUT2D eigenvalue weighted by Crippen LogP contribution is -2.49. The topological polar surface area (TPSA) is 64.0 Å². The van der Waals surface area contributed by atoms with Gasteiger partial charge in [0.1, 0.15) is 0 Å². The fourth-order valence-electron chi connectivity index (χ4n) is 4.58. The molecule has 30 heavy (non-hydrogen) atoms. The predicted molar refractivity (Wildman–Crippen MR) is 120 cm³/mol. The van der Waals surface area contributed by atoms with Gasteiger partial charge in [-0.05, 0) is 62.6 Å². The number of anilines is 2. The second-order valence-corrected chi connectivity index (χ2v) is 9.12. The molecule has 0 unspecified atom stereocenters. The molecule has 0 atom stereocenters. The number of carbonyl (C=O) groups excluding carboxylic acids is 1. The van der Waals surface area contributed by atoms with E-state index < -0.39 is 11.2 Å². The van der Waals surface area contributed by atoms with E-state index in [0.717, 1.165) is 12.2 Å². The van der Waals surface area contributed by atoms with Crippen molar-refractivity contribution >= 4 is 23.4 Å². The van der Waals surface area contributed by atoms with E-state index in [2.05, 4.69) is 29.2 Å². The Kier molecular flexibility index (Phi) is 5.43. The highest BCUT2D eigenvalue weighted by atomic mass is 16.3. The molecule has 0 saturated carbocycles. The molecule has 2 aromatic carbocycles. The van der Waals surface area contributed by atoms with Gasteiger partial charge in [0.15, 0.2) is 0 Å². The fourth-order valence-corrected chi connectivity index (χ4v) is 4.58. The van der Waals surface area contributed by atoms with E-state index in [1.807, 2.05) is 36.4 Å². The first-order valence-electron chi connectivity index (χ1n) is 10.6. The van der Waals surface area contributed by atoms with Crippen LogP contribution >= 0.6 is 0 Å². The average Bonchev–Trinajstić information content (AvgIpc) is 2.72. The number of benzene rings is 2. The first-order valence-corrected chi connectivity index (χ1v) is 10.6. The maximum atomic E-state index is 13.0. The van der Waals surface area contributed by atoms with E-state index in [-0.39, 0.29) is 5.91 Å². The van der Waals surface area contributed by atoms with Gasteiger partial charge in [0.2, 0.25) is 0 Å². The summed E-state index contributed by atoms with van der Waals surface area (Å²) in [6.07, 6.45) is 5.57. The zero-order chi connectivity index (χ0) is 21.4. The molecule has 0 aliphatic carbocycles. The maximum absolute atomic E-state index is 13.0. The first kappa shape index (κ1) is 20.6. The van der Waals surface area contributed by atoms with Gasteiger partial charge in [-0.15, -0.1) is 0 Å². The molecule has 5 nitrogen and oxygen atoms in total. The molecule has 0 bridgehead atoms. The molecule has 1 fully saturated rings. The van der Waals surface area contributed by atoms with Crippen molar-refractivity contribution in [2.45, 2.75) is 44.3 Å². The Balaban J connectivity index is 1.43. The lowest BCUT2D eigenvalue weighted by atomic mass is 9.82. The van der Waals surface area contributed by atoms with Crippen LogP contribution in [-0.4, -0.2) is 51.9 Å². The lowest BCUT2D eigenvalue weighted by molar-refractivity contribution is -0.0746. The van der Waals surface area contributed by atoms with Crippen LogP contribution in [0.15, 0.2) is 54.6 Å². The second kappa shape index (κ2) is 7.89.